The molecule has 1 N–H and O–H groups in total. The smallest absolute Gasteiger partial charge is 0.220 e. The molecule has 0 saturated carbocycles. The zero-order valence-electron chi connectivity index (χ0n) is 10.7. The summed E-state index contributed by atoms with van der Waals surface area (Å²) in [4.78, 5) is 11.3. The SMILES string of the molecule is CCC(=O)NC(C)c1ccc(OC)cc1OC. The molecule has 0 aliphatic heterocycles. The molecular formula is C13H19NO3. The average molecular weight is 237 g/mol. The Morgan fingerprint density at radius 3 is 2.59 bits per heavy atom. The minimum Gasteiger partial charge on any atom is -0.497 e. The molecule has 1 aromatic carbocycles. The molecule has 0 aromatic heterocycles. The molecule has 0 fully saturated rings. The number of hydrogen-bond acceptors (Lipinski definition) is 3. The van der Waals surface area contributed by atoms with Crippen LogP contribution in [-0.4, -0.2) is 20.1 Å². The minimum atomic E-state index is -0.0803. The molecule has 0 aliphatic rings. The second-order valence-electron chi connectivity index (χ2n) is 3.75. The van der Waals surface area contributed by atoms with Gasteiger partial charge in [-0.2, -0.15) is 0 Å². The number of carbonyl (C=O) groups is 1. The van der Waals surface area contributed by atoms with Crippen molar-refractivity contribution in [3.8, 4) is 11.5 Å². The second-order valence-corrected chi connectivity index (χ2v) is 3.75. The Morgan fingerprint density at radius 1 is 1.35 bits per heavy atom. The van der Waals surface area contributed by atoms with Crippen LogP contribution in [0.15, 0.2) is 18.2 Å². The van der Waals surface area contributed by atoms with Crippen molar-refractivity contribution in [1.82, 2.24) is 5.32 Å². The van der Waals surface area contributed by atoms with Crippen LogP contribution in [0.4, 0.5) is 0 Å². The average Bonchev–Trinajstić information content (AvgIpc) is 2.37. The van der Waals surface area contributed by atoms with Crippen LogP contribution in [0.3, 0.4) is 0 Å². The van der Waals surface area contributed by atoms with Crippen LogP contribution in [0.2, 0.25) is 0 Å². The first-order chi connectivity index (χ1) is 8.12. The summed E-state index contributed by atoms with van der Waals surface area (Å²) in [5.74, 6) is 1.48. The molecule has 1 atom stereocenters. The fraction of sp³-hybridized carbons (Fsp3) is 0.462. The van der Waals surface area contributed by atoms with Gasteiger partial charge in [0.15, 0.2) is 0 Å². The van der Waals surface area contributed by atoms with Gasteiger partial charge in [0.1, 0.15) is 11.5 Å². The van der Waals surface area contributed by atoms with Gasteiger partial charge in [-0.1, -0.05) is 6.92 Å². The lowest BCUT2D eigenvalue weighted by Crippen LogP contribution is -2.25. The molecule has 17 heavy (non-hydrogen) atoms. The van der Waals surface area contributed by atoms with Gasteiger partial charge in [-0.05, 0) is 19.1 Å². The van der Waals surface area contributed by atoms with E-state index in [1.54, 1.807) is 14.2 Å². The lowest BCUT2D eigenvalue weighted by atomic mass is 10.1. The molecule has 0 bridgehead atoms. The highest BCUT2D eigenvalue weighted by molar-refractivity contribution is 5.76. The number of nitrogens with one attached hydrogen (secondary N) is 1. The summed E-state index contributed by atoms with van der Waals surface area (Å²) in [6.45, 7) is 3.76. The Hall–Kier alpha value is -1.71. The van der Waals surface area contributed by atoms with E-state index in [1.165, 1.54) is 0 Å². The van der Waals surface area contributed by atoms with Crippen molar-refractivity contribution in [2.75, 3.05) is 14.2 Å². The van der Waals surface area contributed by atoms with E-state index in [9.17, 15) is 4.79 Å². The van der Waals surface area contributed by atoms with Gasteiger partial charge < -0.3 is 14.8 Å². The first-order valence-corrected chi connectivity index (χ1v) is 5.63. The molecule has 1 rings (SSSR count). The lowest BCUT2D eigenvalue weighted by Gasteiger charge is -2.17. The molecule has 0 spiro atoms. The largest absolute Gasteiger partial charge is 0.497 e. The Morgan fingerprint density at radius 2 is 2.06 bits per heavy atom. The molecule has 1 unspecified atom stereocenters. The normalized spacial score (nSPS) is 11.8. The standard InChI is InChI=1S/C13H19NO3/c1-5-13(15)14-9(2)11-7-6-10(16-3)8-12(11)17-4/h6-9H,5H2,1-4H3,(H,14,15). The molecule has 94 valence electrons. The van der Waals surface area contributed by atoms with Gasteiger partial charge in [-0.3, -0.25) is 4.79 Å². The van der Waals surface area contributed by atoms with Crippen LogP contribution in [0, 0.1) is 0 Å². The first kappa shape index (κ1) is 13.4. The van der Waals surface area contributed by atoms with Crippen molar-refractivity contribution in [2.24, 2.45) is 0 Å². The summed E-state index contributed by atoms with van der Waals surface area (Å²) >= 11 is 0. The molecular weight excluding hydrogens is 218 g/mol. The highest BCUT2D eigenvalue weighted by Crippen LogP contribution is 2.29. The molecule has 0 saturated heterocycles. The highest BCUT2D eigenvalue weighted by atomic mass is 16.5. The Bertz CT molecular complexity index is 390. The van der Waals surface area contributed by atoms with Crippen LogP contribution in [0.25, 0.3) is 0 Å². The predicted molar refractivity (Wildman–Crippen MR) is 66.4 cm³/mol. The van der Waals surface area contributed by atoms with Gasteiger partial charge in [-0.15, -0.1) is 0 Å². The van der Waals surface area contributed by atoms with Crippen molar-refractivity contribution >= 4 is 5.91 Å². The maximum absolute atomic E-state index is 11.3. The van der Waals surface area contributed by atoms with Crippen molar-refractivity contribution in [1.29, 1.82) is 0 Å². The number of benzene rings is 1. The van der Waals surface area contributed by atoms with E-state index in [-0.39, 0.29) is 11.9 Å². The Labute approximate surface area is 102 Å². The van der Waals surface area contributed by atoms with E-state index in [4.69, 9.17) is 9.47 Å². The van der Waals surface area contributed by atoms with Crippen LogP contribution >= 0.6 is 0 Å². The van der Waals surface area contributed by atoms with Gasteiger partial charge in [0, 0.05) is 18.1 Å². The highest BCUT2D eigenvalue weighted by Gasteiger charge is 2.13. The summed E-state index contributed by atoms with van der Waals surface area (Å²) in [5.41, 5.74) is 0.940. The summed E-state index contributed by atoms with van der Waals surface area (Å²) in [6.07, 6.45) is 0.475. The third-order valence-electron chi connectivity index (χ3n) is 2.61. The van der Waals surface area contributed by atoms with E-state index in [1.807, 2.05) is 32.0 Å². The minimum absolute atomic E-state index is 0.0235. The molecule has 0 heterocycles. The van der Waals surface area contributed by atoms with Crippen molar-refractivity contribution < 1.29 is 14.3 Å². The van der Waals surface area contributed by atoms with Gasteiger partial charge in [0.2, 0.25) is 5.91 Å². The lowest BCUT2D eigenvalue weighted by molar-refractivity contribution is -0.121. The molecule has 1 aromatic rings. The molecule has 0 radical (unpaired) electrons. The molecule has 4 nitrogen and oxygen atoms in total. The fourth-order valence-corrected chi connectivity index (χ4v) is 1.60. The summed E-state index contributed by atoms with van der Waals surface area (Å²) in [6, 6.07) is 5.48. The third-order valence-corrected chi connectivity index (χ3v) is 2.61. The third kappa shape index (κ3) is 3.37. The van der Waals surface area contributed by atoms with Gasteiger partial charge in [0.05, 0.1) is 20.3 Å². The zero-order valence-corrected chi connectivity index (χ0v) is 10.7. The number of methoxy groups -OCH3 is 2. The van der Waals surface area contributed by atoms with E-state index < -0.39 is 0 Å². The number of rotatable bonds is 5. The molecule has 1 amide bonds. The van der Waals surface area contributed by atoms with E-state index in [0.717, 1.165) is 11.3 Å². The van der Waals surface area contributed by atoms with Gasteiger partial charge in [0.25, 0.3) is 0 Å². The van der Waals surface area contributed by atoms with Crippen LogP contribution in [0.1, 0.15) is 31.9 Å². The number of hydrogen-bond donors (Lipinski definition) is 1. The first-order valence-electron chi connectivity index (χ1n) is 5.63. The second kappa shape index (κ2) is 6.13. The monoisotopic (exact) mass is 237 g/mol. The van der Waals surface area contributed by atoms with Crippen molar-refractivity contribution in [3.05, 3.63) is 23.8 Å². The van der Waals surface area contributed by atoms with Crippen LogP contribution in [-0.2, 0) is 4.79 Å². The Kier molecular flexibility index (Phi) is 4.82. The quantitative estimate of drug-likeness (QED) is 0.854. The maximum Gasteiger partial charge on any atom is 0.220 e. The summed E-state index contributed by atoms with van der Waals surface area (Å²) < 4.78 is 10.4. The topological polar surface area (TPSA) is 47.6 Å². The van der Waals surface area contributed by atoms with Crippen LogP contribution < -0.4 is 14.8 Å². The van der Waals surface area contributed by atoms with E-state index in [0.29, 0.717) is 12.2 Å². The van der Waals surface area contributed by atoms with E-state index in [2.05, 4.69) is 5.32 Å². The number of carbonyl (C=O) groups excluding carboxylic acids is 1. The zero-order chi connectivity index (χ0) is 12.8. The van der Waals surface area contributed by atoms with Crippen molar-refractivity contribution in [3.63, 3.8) is 0 Å². The van der Waals surface area contributed by atoms with Gasteiger partial charge in [-0.25, -0.2) is 0 Å². The van der Waals surface area contributed by atoms with Crippen LogP contribution in [0.5, 0.6) is 11.5 Å². The molecule has 4 heteroatoms. The predicted octanol–water partition coefficient (Wildman–Crippen LogP) is 2.29. The fourth-order valence-electron chi connectivity index (χ4n) is 1.60. The summed E-state index contributed by atoms with van der Waals surface area (Å²) in [7, 11) is 3.21. The summed E-state index contributed by atoms with van der Waals surface area (Å²) in [5, 5.41) is 2.90. The number of ether oxygens (including phenoxy) is 2. The molecule has 0 aliphatic carbocycles. The maximum atomic E-state index is 11.3. The number of amides is 1. The Balaban J connectivity index is 2.92. The van der Waals surface area contributed by atoms with Crippen molar-refractivity contribution in [2.45, 2.75) is 26.3 Å². The van der Waals surface area contributed by atoms with E-state index >= 15 is 0 Å². The van der Waals surface area contributed by atoms with Gasteiger partial charge >= 0.3 is 0 Å².